The lowest BCUT2D eigenvalue weighted by Crippen LogP contribution is -2.56. The van der Waals surface area contributed by atoms with Gasteiger partial charge in [0, 0.05) is 12.3 Å². The number of carboxylic acid groups (broad SMARTS) is 1. The molecular weight excluding hydrogens is 434 g/mol. The summed E-state index contributed by atoms with van der Waals surface area (Å²) in [6.45, 7) is -0.324. The zero-order valence-corrected chi connectivity index (χ0v) is 18.5. The zero-order chi connectivity index (χ0) is 23.1. The van der Waals surface area contributed by atoms with Gasteiger partial charge >= 0.3 is 5.97 Å². The second-order valence-corrected chi connectivity index (χ2v) is 7.60. The Morgan fingerprint density at radius 1 is 1.07 bits per heavy atom. The molecule has 0 radical (unpaired) electrons. The van der Waals surface area contributed by atoms with Crippen LogP contribution in [-0.2, 0) is 19.2 Å². The number of hydrogen-bond acceptors (Lipinski definition) is 8. The van der Waals surface area contributed by atoms with Crippen molar-refractivity contribution in [2.45, 2.75) is 37.4 Å². The Balaban J connectivity index is 5.21. The van der Waals surface area contributed by atoms with E-state index in [1.807, 2.05) is 6.26 Å². The molecule has 0 aromatic carbocycles. The molecule has 3 amide bonds. The summed E-state index contributed by atoms with van der Waals surface area (Å²) >= 11 is 5.43. The highest BCUT2D eigenvalue weighted by atomic mass is 32.2. The third-order valence-corrected chi connectivity index (χ3v) is 4.81. The molecule has 0 spiro atoms. The zero-order valence-electron chi connectivity index (χ0n) is 16.8. The van der Waals surface area contributed by atoms with Gasteiger partial charge in [0.1, 0.15) is 18.6 Å². The first-order valence-electron chi connectivity index (χ1n) is 9.13. The van der Waals surface area contributed by atoms with Crippen molar-refractivity contribution < 1.29 is 24.3 Å². The van der Waals surface area contributed by atoms with Gasteiger partial charge < -0.3 is 38.3 Å². The molecule has 30 heavy (non-hydrogen) atoms. The standard InChI is InChI=1S/C16H31N7O5S2/c1-30-6-4-11(14(27)21-7-12(24)25)23-15(28)10(3-2-5-20-16(18)19)22-13(26)9(17)8-29/h9-11,29H,2-8,17H2,1H3,(H,21,27)(H,22,26)(H,23,28)(H,24,25)(H4,18,19,20). The number of hydrogen-bond donors (Lipinski definition) is 8. The van der Waals surface area contributed by atoms with Gasteiger partial charge in [0.2, 0.25) is 17.7 Å². The number of rotatable bonds is 15. The van der Waals surface area contributed by atoms with Crippen LogP contribution >= 0.6 is 24.4 Å². The van der Waals surface area contributed by atoms with Crippen molar-refractivity contribution >= 4 is 54.0 Å². The van der Waals surface area contributed by atoms with Crippen LogP contribution in [0.4, 0.5) is 0 Å². The lowest BCUT2D eigenvalue weighted by atomic mass is 10.1. The highest BCUT2D eigenvalue weighted by Gasteiger charge is 2.27. The maximum atomic E-state index is 12.8. The van der Waals surface area contributed by atoms with Gasteiger partial charge in [-0.25, -0.2) is 0 Å². The molecule has 12 nitrogen and oxygen atoms in total. The smallest absolute Gasteiger partial charge is 0.322 e. The van der Waals surface area contributed by atoms with E-state index in [4.69, 9.17) is 22.3 Å². The molecule has 172 valence electrons. The van der Waals surface area contributed by atoms with E-state index < -0.39 is 48.4 Å². The van der Waals surface area contributed by atoms with Crippen LogP contribution in [0.25, 0.3) is 0 Å². The first kappa shape index (κ1) is 27.8. The molecule has 0 aromatic rings. The molecular formula is C16H31N7O5S2. The number of aliphatic carboxylic acids is 1. The molecule has 0 bridgehead atoms. The second-order valence-electron chi connectivity index (χ2n) is 6.25. The number of thioether (sulfide) groups is 1. The Kier molecular flexibility index (Phi) is 14.5. The van der Waals surface area contributed by atoms with Crippen molar-refractivity contribution in [3.8, 4) is 0 Å². The third-order valence-electron chi connectivity index (χ3n) is 3.77. The van der Waals surface area contributed by atoms with Crippen LogP contribution in [0.1, 0.15) is 19.3 Å². The molecule has 3 atom stereocenters. The van der Waals surface area contributed by atoms with E-state index in [0.717, 1.165) is 0 Å². The van der Waals surface area contributed by atoms with Crippen LogP contribution in [0.2, 0.25) is 0 Å². The van der Waals surface area contributed by atoms with Crippen LogP contribution in [0, 0.1) is 0 Å². The summed E-state index contributed by atoms with van der Waals surface area (Å²) in [4.78, 5) is 51.6. The van der Waals surface area contributed by atoms with Crippen LogP contribution in [0.3, 0.4) is 0 Å². The van der Waals surface area contributed by atoms with E-state index >= 15 is 0 Å². The van der Waals surface area contributed by atoms with Crippen molar-refractivity contribution in [2.24, 2.45) is 22.2 Å². The van der Waals surface area contributed by atoms with Crippen molar-refractivity contribution in [3.05, 3.63) is 0 Å². The minimum Gasteiger partial charge on any atom is -0.480 e. The van der Waals surface area contributed by atoms with Crippen LogP contribution in [0.5, 0.6) is 0 Å². The number of guanidine groups is 1. The predicted octanol–water partition coefficient (Wildman–Crippen LogP) is -2.78. The van der Waals surface area contributed by atoms with Crippen molar-refractivity contribution in [3.63, 3.8) is 0 Å². The minimum absolute atomic E-state index is 0.0854. The van der Waals surface area contributed by atoms with Crippen LogP contribution in [-0.4, -0.2) is 83.7 Å². The number of carbonyl (C=O) groups excluding carboxylic acids is 3. The molecule has 0 aliphatic heterocycles. The number of nitrogens with zero attached hydrogens (tertiary/aromatic N) is 1. The summed E-state index contributed by atoms with van der Waals surface area (Å²) in [7, 11) is 0. The number of thiol groups is 1. The van der Waals surface area contributed by atoms with Crippen molar-refractivity contribution in [1.29, 1.82) is 0 Å². The molecule has 3 unspecified atom stereocenters. The molecule has 10 N–H and O–H groups in total. The first-order chi connectivity index (χ1) is 14.1. The third kappa shape index (κ3) is 12.4. The summed E-state index contributed by atoms with van der Waals surface area (Å²) in [5.41, 5.74) is 16.2. The Morgan fingerprint density at radius 2 is 1.67 bits per heavy atom. The summed E-state index contributed by atoms with van der Waals surface area (Å²) in [5, 5.41) is 16.1. The normalized spacial score (nSPS) is 13.4. The van der Waals surface area contributed by atoms with E-state index in [9.17, 15) is 19.2 Å². The van der Waals surface area contributed by atoms with Gasteiger partial charge in [-0.3, -0.25) is 24.2 Å². The first-order valence-corrected chi connectivity index (χ1v) is 11.2. The molecule has 14 heteroatoms. The molecule has 0 saturated carbocycles. The van der Waals surface area contributed by atoms with Gasteiger partial charge in [-0.2, -0.15) is 24.4 Å². The maximum Gasteiger partial charge on any atom is 0.322 e. The Bertz CT molecular complexity index is 617. The number of carbonyl (C=O) groups is 4. The topological polar surface area (TPSA) is 215 Å². The van der Waals surface area contributed by atoms with Gasteiger partial charge in [0.25, 0.3) is 0 Å². The number of carboxylic acids is 1. The summed E-state index contributed by atoms with van der Waals surface area (Å²) < 4.78 is 0. The fourth-order valence-electron chi connectivity index (χ4n) is 2.20. The molecule has 0 heterocycles. The van der Waals surface area contributed by atoms with E-state index in [-0.39, 0.29) is 31.1 Å². The van der Waals surface area contributed by atoms with E-state index in [1.54, 1.807) is 0 Å². The highest BCUT2D eigenvalue weighted by molar-refractivity contribution is 7.98. The molecule has 0 saturated heterocycles. The largest absolute Gasteiger partial charge is 0.480 e. The van der Waals surface area contributed by atoms with Gasteiger partial charge in [-0.15, -0.1) is 0 Å². The quantitative estimate of drug-likeness (QED) is 0.0542. The van der Waals surface area contributed by atoms with Gasteiger partial charge in [-0.05, 0) is 31.3 Å². The van der Waals surface area contributed by atoms with Crippen LogP contribution in [0.15, 0.2) is 4.99 Å². The number of aliphatic imine (C=N–C) groups is 1. The van der Waals surface area contributed by atoms with E-state index in [2.05, 4.69) is 33.6 Å². The molecule has 0 aromatic heterocycles. The van der Waals surface area contributed by atoms with Gasteiger partial charge in [0.15, 0.2) is 5.96 Å². The number of nitrogens with one attached hydrogen (secondary N) is 3. The number of nitrogens with two attached hydrogens (primary N) is 3. The summed E-state index contributed by atoms with van der Waals surface area (Å²) in [6.07, 6.45) is 2.69. The maximum absolute atomic E-state index is 12.8. The lowest BCUT2D eigenvalue weighted by Gasteiger charge is -2.23. The van der Waals surface area contributed by atoms with E-state index in [0.29, 0.717) is 12.2 Å². The van der Waals surface area contributed by atoms with Gasteiger partial charge in [-0.1, -0.05) is 0 Å². The Morgan fingerprint density at radius 3 is 2.20 bits per heavy atom. The van der Waals surface area contributed by atoms with Gasteiger partial charge in [0.05, 0.1) is 6.04 Å². The lowest BCUT2D eigenvalue weighted by molar-refractivity contribution is -0.138. The fraction of sp³-hybridized carbons (Fsp3) is 0.688. The second kappa shape index (κ2) is 15.6. The average molecular weight is 466 g/mol. The van der Waals surface area contributed by atoms with E-state index in [1.165, 1.54) is 11.8 Å². The van der Waals surface area contributed by atoms with Crippen molar-refractivity contribution in [1.82, 2.24) is 16.0 Å². The Hall–Kier alpha value is -2.19. The Labute approximate surface area is 184 Å². The number of amides is 3. The SMILES string of the molecule is CSCCC(NC(=O)C(CCCN=C(N)N)NC(=O)C(N)CS)C(=O)NCC(=O)O. The molecule has 0 fully saturated rings. The predicted molar refractivity (Wildman–Crippen MR) is 119 cm³/mol. The van der Waals surface area contributed by atoms with Crippen LogP contribution < -0.4 is 33.2 Å². The fourth-order valence-corrected chi connectivity index (χ4v) is 2.83. The minimum atomic E-state index is -1.20. The monoisotopic (exact) mass is 465 g/mol. The average Bonchev–Trinajstić information content (AvgIpc) is 2.70. The molecule has 0 aliphatic carbocycles. The molecule has 0 rings (SSSR count). The highest BCUT2D eigenvalue weighted by Crippen LogP contribution is 2.05. The molecule has 0 aliphatic rings. The van der Waals surface area contributed by atoms with Crippen molar-refractivity contribution in [2.75, 3.05) is 30.9 Å². The summed E-state index contributed by atoms with van der Waals surface area (Å²) in [6, 6.07) is -2.85. The summed E-state index contributed by atoms with van der Waals surface area (Å²) in [5.74, 6) is -2.45.